The first-order valence-electron chi connectivity index (χ1n) is 13.8. The number of ether oxygens (including phenoxy) is 2. The lowest BCUT2D eigenvalue weighted by Crippen LogP contribution is -2.20. The minimum absolute atomic E-state index is 0.121. The van der Waals surface area contributed by atoms with Gasteiger partial charge in [0, 0.05) is 22.8 Å². The summed E-state index contributed by atoms with van der Waals surface area (Å²) in [6.45, 7) is 6.18. The van der Waals surface area contributed by atoms with Crippen LogP contribution in [0, 0.1) is 24.3 Å². The average molecular weight is 703 g/mol. The molecule has 5 aromatic rings. The Hall–Kier alpha value is -4.84. The van der Waals surface area contributed by atoms with E-state index in [1.807, 2.05) is 61.5 Å². The molecule has 2 amide bonds. The monoisotopic (exact) mass is 702 g/mol. The van der Waals surface area contributed by atoms with Gasteiger partial charge in [0.2, 0.25) is 0 Å². The van der Waals surface area contributed by atoms with E-state index in [1.54, 1.807) is 24.3 Å². The molecule has 2 N–H and O–H groups in total. The van der Waals surface area contributed by atoms with E-state index in [0.717, 1.165) is 31.8 Å². The largest absolute Gasteiger partial charge is 0.486 e. The number of aryl methyl sites for hydroxylation is 3. The Bertz CT molecular complexity index is 1770. The summed E-state index contributed by atoms with van der Waals surface area (Å²) in [4.78, 5) is 24.7. The predicted octanol–water partition coefficient (Wildman–Crippen LogP) is 6.96. The quantitative estimate of drug-likeness (QED) is 0.0880. The third kappa shape index (κ3) is 7.95. The number of nitrogens with one attached hydrogen (secondary N) is 2. The number of hydrogen-bond acceptors (Lipinski definition) is 6. The summed E-state index contributed by atoms with van der Waals surface area (Å²) in [5.41, 5.74) is 8.43. The number of rotatable bonds is 11. The Morgan fingerprint density at radius 2 is 1.61 bits per heavy atom. The smallest absolute Gasteiger partial charge is 0.307 e. The molecule has 0 unspecified atom stereocenters. The van der Waals surface area contributed by atoms with Gasteiger partial charge in [-0.3, -0.25) is 9.59 Å². The lowest BCUT2D eigenvalue weighted by molar-refractivity contribution is -0.118. The highest BCUT2D eigenvalue weighted by Crippen LogP contribution is 2.23. The number of anilines is 1. The van der Waals surface area contributed by atoms with Gasteiger partial charge in [0.25, 0.3) is 5.91 Å². The molecular weight excluding hydrogens is 671 g/mol. The van der Waals surface area contributed by atoms with Crippen molar-refractivity contribution < 1.29 is 23.5 Å². The normalized spacial score (nSPS) is 11.0. The van der Waals surface area contributed by atoms with Crippen molar-refractivity contribution in [1.29, 1.82) is 0 Å². The minimum atomic E-state index is -0.483. The van der Waals surface area contributed by atoms with E-state index < -0.39 is 5.91 Å². The van der Waals surface area contributed by atoms with Crippen molar-refractivity contribution in [1.82, 2.24) is 9.99 Å². The fraction of sp³-hybridized carbons (Fsp3) is 0.147. The summed E-state index contributed by atoms with van der Waals surface area (Å²) in [5.74, 6) is 1.16. The van der Waals surface area contributed by atoms with Gasteiger partial charge in [-0.25, -0.2) is 5.43 Å². The number of aromatic nitrogens is 1. The van der Waals surface area contributed by atoms with Gasteiger partial charge in [-0.2, -0.15) is 5.10 Å². The number of furan rings is 1. The van der Waals surface area contributed by atoms with E-state index in [-0.39, 0.29) is 24.9 Å². The molecule has 0 spiro atoms. The third-order valence-corrected chi connectivity index (χ3v) is 7.51. The first-order chi connectivity index (χ1) is 21.2. The van der Waals surface area contributed by atoms with Gasteiger partial charge in [-0.05, 0) is 128 Å². The van der Waals surface area contributed by atoms with Gasteiger partial charge >= 0.3 is 5.91 Å². The molecule has 3 aromatic carbocycles. The van der Waals surface area contributed by atoms with Gasteiger partial charge in [-0.1, -0.05) is 17.7 Å². The molecule has 44 heavy (non-hydrogen) atoms. The van der Waals surface area contributed by atoms with Crippen LogP contribution in [-0.4, -0.2) is 29.2 Å². The summed E-state index contributed by atoms with van der Waals surface area (Å²) in [6, 6.07) is 28.2. The Morgan fingerprint density at radius 3 is 2.32 bits per heavy atom. The molecule has 0 aliphatic carbocycles. The fourth-order valence-electron chi connectivity index (χ4n) is 4.41. The van der Waals surface area contributed by atoms with Crippen LogP contribution in [0.25, 0.3) is 5.69 Å². The topological polar surface area (TPSA) is 107 Å². The zero-order valence-corrected chi connectivity index (χ0v) is 26.6. The van der Waals surface area contributed by atoms with Gasteiger partial charge in [0.05, 0.1) is 9.78 Å². The Labute approximate surface area is 269 Å². The van der Waals surface area contributed by atoms with Crippen LogP contribution in [0.4, 0.5) is 5.69 Å². The van der Waals surface area contributed by atoms with Crippen LogP contribution in [0.2, 0.25) is 0 Å². The summed E-state index contributed by atoms with van der Waals surface area (Å²) in [5, 5.41) is 6.84. The molecule has 2 aromatic heterocycles. The van der Waals surface area contributed by atoms with E-state index in [0.29, 0.717) is 22.9 Å². The van der Waals surface area contributed by atoms with Crippen LogP contribution >= 0.6 is 22.6 Å². The number of halogens is 1. The van der Waals surface area contributed by atoms with Crippen molar-refractivity contribution in [3.05, 3.63) is 129 Å². The molecular formula is C34H31IN4O5. The number of benzene rings is 3. The molecule has 9 nitrogen and oxygen atoms in total. The molecule has 2 heterocycles. The standard InChI is InChI=1S/C34H31IN4O5/c1-22-4-9-26(10-5-22)37-33(40)21-43-31-16-8-25(18-30(31)35)19-36-38-34(41)32-17-15-29(44-32)20-42-28-13-11-27(12-14-28)39-23(2)6-7-24(39)3/h4-19H,20-21H2,1-3H3,(H,37,40)(H,38,41)/b36-19+. The first-order valence-corrected chi connectivity index (χ1v) is 14.9. The molecule has 0 fully saturated rings. The maximum absolute atomic E-state index is 12.5. The van der Waals surface area contributed by atoms with Crippen molar-refractivity contribution in [3.8, 4) is 17.2 Å². The summed E-state index contributed by atoms with van der Waals surface area (Å²) in [7, 11) is 0. The minimum Gasteiger partial charge on any atom is -0.486 e. The van der Waals surface area contributed by atoms with Crippen LogP contribution in [0.1, 0.15) is 38.8 Å². The number of carbonyl (C=O) groups excluding carboxylic acids is 2. The molecule has 0 aliphatic rings. The Kier molecular flexibility index (Phi) is 9.80. The van der Waals surface area contributed by atoms with Gasteiger partial charge in [-0.15, -0.1) is 0 Å². The van der Waals surface area contributed by atoms with Crippen molar-refractivity contribution >= 4 is 46.3 Å². The van der Waals surface area contributed by atoms with E-state index >= 15 is 0 Å². The van der Waals surface area contributed by atoms with E-state index in [9.17, 15) is 9.59 Å². The number of hydrogen-bond donors (Lipinski definition) is 2. The van der Waals surface area contributed by atoms with Gasteiger partial charge in [0.1, 0.15) is 23.9 Å². The maximum atomic E-state index is 12.5. The Balaban J connectivity index is 1.07. The number of hydrazone groups is 1. The molecule has 0 saturated heterocycles. The third-order valence-electron chi connectivity index (χ3n) is 6.66. The summed E-state index contributed by atoms with van der Waals surface area (Å²) < 4.78 is 20.1. The SMILES string of the molecule is Cc1ccc(NC(=O)COc2ccc(/C=N/NC(=O)c3ccc(COc4ccc(-n5c(C)ccc5C)cc4)o3)cc2I)cc1. The molecule has 0 saturated carbocycles. The molecule has 224 valence electrons. The number of nitrogens with zero attached hydrogens (tertiary/aromatic N) is 2. The second-order valence-electron chi connectivity index (χ2n) is 10.1. The number of carbonyl (C=O) groups is 2. The second kappa shape index (κ2) is 14.1. The maximum Gasteiger partial charge on any atom is 0.307 e. The highest BCUT2D eigenvalue weighted by molar-refractivity contribution is 14.1. The first kappa shape index (κ1) is 30.6. The van der Waals surface area contributed by atoms with Crippen LogP contribution in [0.3, 0.4) is 0 Å². The van der Waals surface area contributed by atoms with Gasteiger partial charge in [0.15, 0.2) is 12.4 Å². The van der Waals surface area contributed by atoms with Crippen LogP contribution in [0.15, 0.2) is 101 Å². The van der Waals surface area contributed by atoms with Crippen LogP contribution < -0.4 is 20.2 Å². The van der Waals surface area contributed by atoms with Crippen molar-refractivity contribution in [2.24, 2.45) is 5.10 Å². The van der Waals surface area contributed by atoms with Crippen LogP contribution in [-0.2, 0) is 11.4 Å². The second-order valence-corrected chi connectivity index (χ2v) is 11.3. The van der Waals surface area contributed by atoms with Gasteiger partial charge < -0.3 is 23.8 Å². The molecule has 5 rings (SSSR count). The predicted molar refractivity (Wildman–Crippen MR) is 178 cm³/mol. The van der Waals surface area contributed by atoms with E-state index in [1.165, 1.54) is 6.21 Å². The zero-order chi connectivity index (χ0) is 31.1. The molecule has 10 heteroatoms. The highest BCUT2D eigenvalue weighted by atomic mass is 127. The highest BCUT2D eigenvalue weighted by Gasteiger charge is 2.12. The molecule has 0 bridgehead atoms. The zero-order valence-electron chi connectivity index (χ0n) is 24.5. The van der Waals surface area contributed by atoms with Crippen molar-refractivity contribution in [2.45, 2.75) is 27.4 Å². The lowest BCUT2D eigenvalue weighted by atomic mass is 10.2. The summed E-state index contributed by atoms with van der Waals surface area (Å²) >= 11 is 2.12. The van der Waals surface area contributed by atoms with E-state index in [4.69, 9.17) is 13.9 Å². The van der Waals surface area contributed by atoms with E-state index in [2.05, 4.69) is 69.0 Å². The van der Waals surface area contributed by atoms with Crippen molar-refractivity contribution in [2.75, 3.05) is 11.9 Å². The number of amides is 2. The Morgan fingerprint density at radius 1 is 0.886 bits per heavy atom. The average Bonchev–Trinajstić information content (AvgIpc) is 3.63. The fourth-order valence-corrected chi connectivity index (χ4v) is 5.11. The van der Waals surface area contributed by atoms with Crippen LogP contribution in [0.5, 0.6) is 11.5 Å². The lowest BCUT2D eigenvalue weighted by Gasteiger charge is -2.10. The molecule has 0 radical (unpaired) electrons. The summed E-state index contributed by atoms with van der Waals surface area (Å²) in [6.07, 6.45) is 1.52. The molecule has 0 aliphatic heterocycles. The molecule has 0 atom stereocenters. The van der Waals surface area contributed by atoms with Crippen molar-refractivity contribution in [3.63, 3.8) is 0 Å².